The molecule has 2 aliphatic heterocycles. The van der Waals surface area contributed by atoms with Crippen LogP contribution in [0.15, 0.2) is 4.99 Å². The van der Waals surface area contributed by atoms with Gasteiger partial charge in [-0.1, -0.05) is 0 Å². The van der Waals surface area contributed by atoms with Gasteiger partial charge in [0.05, 0.1) is 12.4 Å². The van der Waals surface area contributed by atoms with Gasteiger partial charge >= 0.3 is 0 Å². The second kappa shape index (κ2) is 13.4. The van der Waals surface area contributed by atoms with E-state index in [-0.39, 0.29) is 29.7 Å². The average molecular weight is 536 g/mol. The van der Waals surface area contributed by atoms with Crippen molar-refractivity contribution in [1.29, 1.82) is 0 Å². The highest BCUT2D eigenvalue weighted by molar-refractivity contribution is 14.0. The van der Waals surface area contributed by atoms with Crippen LogP contribution in [0.25, 0.3) is 0 Å². The molecule has 0 aromatic rings. The van der Waals surface area contributed by atoms with Gasteiger partial charge in [-0.05, 0) is 12.8 Å². The minimum Gasteiger partial charge on any atom is -0.383 e. The molecule has 2 rings (SSSR count). The third-order valence-electron chi connectivity index (χ3n) is 4.78. The average Bonchev–Trinajstić information content (AvgIpc) is 2.67. The molecule has 0 aliphatic carbocycles. The van der Waals surface area contributed by atoms with Crippen molar-refractivity contribution in [3.8, 4) is 0 Å². The second-order valence-corrected chi connectivity index (χ2v) is 9.89. The van der Waals surface area contributed by atoms with Gasteiger partial charge in [-0.2, -0.15) is 11.8 Å². The number of halogens is 1. The molecule has 0 bridgehead atoms. The summed E-state index contributed by atoms with van der Waals surface area (Å²) in [6, 6.07) is 0.371. The number of guanidine groups is 1. The maximum absolute atomic E-state index is 12.4. The number of nitrogens with one attached hydrogen (secondary N) is 2. The molecule has 2 saturated heterocycles. The fraction of sp³-hybridized carbons (Fsp3) is 0.938. The van der Waals surface area contributed by atoms with Crippen LogP contribution in [-0.4, -0.2) is 107 Å². The van der Waals surface area contributed by atoms with Crippen molar-refractivity contribution in [2.45, 2.75) is 18.9 Å². The zero-order chi connectivity index (χ0) is 18.8. The Hall–Kier alpha value is 0.180. The fourth-order valence-corrected chi connectivity index (χ4v) is 5.65. The molecular formula is C16H34IN5O3S2. The first-order valence-electron chi connectivity index (χ1n) is 9.29. The normalized spacial score (nSPS) is 20.9. The summed E-state index contributed by atoms with van der Waals surface area (Å²) in [6.45, 7) is 5.45. The van der Waals surface area contributed by atoms with Crippen LogP contribution in [0.4, 0.5) is 0 Å². The largest absolute Gasteiger partial charge is 0.383 e. The van der Waals surface area contributed by atoms with E-state index in [1.54, 1.807) is 18.5 Å². The standard InChI is InChI=1S/C16H33N5O3S2.HI/c1-17-16(19-15-3-6-20(7-4-15)8-11-24-2)18-5-14-26(22,23)21-9-12-25-13-10-21;/h15H,3-14H2,1-2H3,(H2,17,18,19);1H. The minimum atomic E-state index is -3.18. The first kappa shape index (κ1) is 25.2. The molecule has 0 spiro atoms. The van der Waals surface area contributed by atoms with Crippen molar-refractivity contribution in [2.24, 2.45) is 4.99 Å². The lowest BCUT2D eigenvalue weighted by Crippen LogP contribution is -2.50. The lowest BCUT2D eigenvalue weighted by Gasteiger charge is -2.33. The summed E-state index contributed by atoms with van der Waals surface area (Å²) in [6.07, 6.45) is 2.10. The van der Waals surface area contributed by atoms with Gasteiger partial charge in [0, 0.05) is 71.0 Å². The van der Waals surface area contributed by atoms with Gasteiger partial charge in [0.2, 0.25) is 10.0 Å². The van der Waals surface area contributed by atoms with Gasteiger partial charge in [-0.25, -0.2) is 12.7 Å². The van der Waals surface area contributed by atoms with E-state index in [9.17, 15) is 8.42 Å². The van der Waals surface area contributed by atoms with Crippen LogP contribution in [-0.2, 0) is 14.8 Å². The number of rotatable bonds is 8. The summed E-state index contributed by atoms with van der Waals surface area (Å²) in [7, 11) is 0.272. The van der Waals surface area contributed by atoms with Gasteiger partial charge < -0.3 is 20.3 Å². The Kier molecular flexibility index (Phi) is 12.5. The number of piperidine rings is 1. The molecule has 8 nitrogen and oxygen atoms in total. The van der Waals surface area contributed by atoms with Crippen LogP contribution < -0.4 is 10.6 Å². The van der Waals surface area contributed by atoms with Crippen LogP contribution in [0, 0.1) is 0 Å². The maximum atomic E-state index is 12.4. The smallest absolute Gasteiger partial charge is 0.215 e. The van der Waals surface area contributed by atoms with E-state index in [0.29, 0.717) is 31.6 Å². The highest BCUT2D eigenvalue weighted by atomic mass is 127. The van der Waals surface area contributed by atoms with E-state index >= 15 is 0 Å². The Labute approximate surface area is 185 Å². The van der Waals surface area contributed by atoms with E-state index in [2.05, 4.69) is 20.5 Å². The Bertz CT molecular complexity index is 536. The lowest BCUT2D eigenvalue weighted by molar-refractivity contribution is 0.128. The van der Waals surface area contributed by atoms with Crippen molar-refractivity contribution < 1.29 is 13.2 Å². The van der Waals surface area contributed by atoms with Crippen molar-refractivity contribution in [3.63, 3.8) is 0 Å². The highest BCUT2D eigenvalue weighted by Gasteiger charge is 2.24. The Morgan fingerprint density at radius 2 is 1.89 bits per heavy atom. The maximum Gasteiger partial charge on any atom is 0.215 e. The zero-order valence-corrected chi connectivity index (χ0v) is 20.3. The molecule has 2 fully saturated rings. The van der Waals surface area contributed by atoms with Gasteiger partial charge in [-0.3, -0.25) is 4.99 Å². The number of aliphatic imine (C=N–C) groups is 1. The van der Waals surface area contributed by atoms with Crippen LogP contribution in [0.5, 0.6) is 0 Å². The number of ether oxygens (including phenoxy) is 1. The minimum absolute atomic E-state index is 0. The third kappa shape index (κ3) is 9.03. The summed E-state index contributed by atoms with van der Waals surface area (Å²) in [4.78, 5) is 6.64. The molecule has 2 heterocycles. The van der Waals surface area contributed by atoms with E-state index in [1.807, 2.05) is 11.8 Å². The van der Waals surface area contributed by atoms with Crippen molar-refractivity contribution >= 4 is 51.7 Å². The molecule has 0 unspecified atom stereocenters. The number of thioether (sulfide) groups is 1. The molecular weight excluding hydrogens is 501 g/mol. The van der Waals surface area contributed by atoms with E-state index < -0.39 is 10.0 Å². The summed E-state index contributed by atoms with van der Waals surface area (Å²) >= 11 is 1.81. The third-order valence-corrected chi connectivity index (χ3v) is 7.59. The number of hydrogen-bond acceptors (Lipinski definition) is 6. The van der Waals surface area contributed by atoms with Crippen LogP contribution in [0.3, 0.4) is 0 Å². The molecule has 2 N–H and O–H groups in total. The van der Waals surface area contributed by atoms with E-state index in [0.717, 1.165) is 50.6 Å². The molecule has 160 valence electrons. The predicted octanol–water partition coefficient (Wildman–Crippen LogP) is 0.259. The van der Waals surface area contributed by atoms with Gasteiger partial charge in [0.1, 0.15) is 0 Å². The molecule has 0 saturated carbocycles. The van der Waals surface area contributed by atoms with Crippen molar-refractivity contribution in [2.75, 3.05) is 77.3 Å². The van der Waals surface area contributed by atoms with Crippen molar-refractivity contribution in [1.82, 2.24) is 19.8 Å². The van der Waals surface area contributed by atoms with Crippen molar-refractivity contribution in [3.05, 3.63) is 0 Å². The molecule has 0 aromatic carbocycles. The number of methoxy groups -OCH3 is 1. The number of likely N-dealkylation sites (tertiary alicyclic amines) is 1. The number of nitrogens with zero attached hydrogens (tertiary/aromatic N) is 3. The van der Waals surface area contributed by atoms with Crippen LogP contribution in [0.1, 0.15) is 12.8 Å². The molecule has 0 amide bonds. The summed E-state index contributed by atoms with van der Waals surface area (Å²) in [5.74, 6) is 2.57. The van der Waals surface area contributed by atoms with Gasteiger partial charge in [-0.15, -0.1) is 24.0 Å². The highest BCUT2D eigenvalue weighted by Crippen LogP contribution is 2.13. The summed E-state index contributed by atoms with van der Waals surface area (Å²) in [5, 5.41) is 6.57. The molecule has 2 aliphatic rings. The van der Waals surface area contributed by atoms with Gasteiger partial charge in [0.15, 0.2) is 5.96 Å². The molecule has 0 atom stereocenters. The van der Waals surface area contributed by atoms with Gasteiger partial charge in [0.25, 0.3) is 0 Å². The van der Waals surface area contributed by atoms with E-state index in [4.69, 9.17) is 4.74 Å². The van der Waals surface area contributed by atoms with Crippen LogP contribution >= 0.6 is 35.7 Å². The summed E-state index contributed by atoms with van der Waals surface area (Å²) in [5.41, 5.74) is 0. The number of hydrogen-bond donors (Lipinski definition) is 2. The molecule has 0 radical (unpaired) electrons. The number of sulfonamides is 1. The second-order valence-electron chi connectivity index (χ2n) is 6.58. The lowest BCUT2D eigenvalue weighted by atomic mass is 10.1. The quantitative estimate of drug-likeness (QED) is 0.262. The molecule has 0 aromatic heterocycles. The van der Waals surface area contributed by atoms with E-state index in [1.165, 1.54) is 0 Å². The Morgan fingerprint density at radius 1 is 1.22 bits per heavy atom. The zero-order valence-electron chi connectivity index (χ0n) is 16.4. The fourth-order valence-electron chi connectivity index (χ4n) is 3.16. The first-order chi connectivity index (χ1) is 12.5. The Balaban J connectivity index is 0.00000364. The Morgan fingerprint density at radius 3 is 2.48 bits per heavy atom. The van der Waals surface area contributed by atoms with Crippen LogP contribution in [0.2, 0.25) is 0 Å². The molecule has 11 heteroatoms. The monoisotopic (exact) mass is 535 g/mol. The first-order valence-corrected chi connectivity index (χ1v) is 12.1. The SMILES string of the molecule is CN=C(NCCS(=O)(=O)N1CCSCC1)NC1CCN(CCOC)CC1.I. The molecule has 27 heavy (non-hydrogen) atoms. The predicted molar refractivity (Wildman–Crippen MR) is 124 cm³/mol. The summed E-state index contributed by atoms with van der Waals surface area (Å²) < 4.78 is 31.5. The topological polar surface area (TPSA) is 86.3 Å².